The largest absolute Gasteiger partial charge is 0.356 e. The van der Waals surface area contributed by atoms with E-state index in [1.54, 1.807) is 11.4 Å². The first-order valence-electron chi connectivity index (χ1n) is 9.14. The van der Waals surface area contributed by atoms with E-state index in [4.69, 9.17) is 0 Å². The van der Waals surface area contributed by atoms with Crippen molar-refractivity contribution in [1.29, 1.82) is 0 Å². The second-order valence-corrected chi connectivity index (χ2v) is 10.0. The van der Waals surface area contributed by atoms with Crippen molar-refractivity contribution in [2.24, 2.45) is 22.2 Å². The number of hydrogen-bond donors (Lipinski definition) is 2. The first-order chi connectivity index (χ1) is 11.2. The molecule has 0 aromatic heterocycles. The van der Waals surface area contributed by atoms with Crippen molar-refractivity contribution in [1.82, 2.24) is 14.9 Å². The summed E-state index contributed by atoms with van der Waals surface area (Å²) in [5.41, 5.74) is 0.437. The van der Waals surface area contributed by atoms with Crippen LogP contribution in [0.15, 0.2) is 4.99 Å². The number of hydrogen-bond acceptors (Lipinski definition) is 3. The lowest BCUT2D eigenvalue weighted by Crippen LogP contribution is -2.47. The molecule has 1 aliphatic carbocycles. The summed E-state index contributed by atoms with van der Waals surface area (Å²) in [6.45, 7) is 7.57. The molecule has 0 radical (unpaired) electrons. The molecule has 1 aliphatic heterocycles. The minimum Gasteiger partial charge on any atom is -0.356 e. The molecule has 140 valence electrons. The summed E-state index contributed by atoms with van der Waals surface area (Å²) in [6, 6.07) is 0. The summed E-state index contributed by atoms with van der Waals surface area (Å²) < 4.78 is 24.7. The second kappa shape index (κ2) is 8.04. The number of nitrogens with one attached hydrogen (secondary N) is 2. The highest BCUT2D eigenvalue weighted by Gasteiger charge is 2.37. The fraction of sp³-hybridized carbons (Fsp3) is 0.941. The summed E-state index contributed by atoms with van der Waals surface area (Å²) >= 11 is 0. The molecule has 1 atom stereocenters. The van der Waals surface area contributed by atoms with Crippen LogP contribution in [0.3, 0.4) is 0 Å². The van der Waals surface area contributed by atoms with Gasteiger partial charge in [-0.2, -0.15) is 0 Å². The molecule has 0 spiro atoms. The summed E-state index contributed by atoms with van der Waals surface area (Å²) in [5, 5.41) is 6.86. The Labute approximate surface area is 147 Å². The molecule has 0 bridgehead atoms. The van der Waals surface area contributed by atoms with E-state index in [1.807, 2.05) is 0 Å². The molecule has 24 heavy (non-hydrogen) atoms. The third-order valence-electron chi connectivity index (χ3n) is 5.39. The van der Waals surface area contributed by atoms with Gasteiger partial charge in [-0.05, 0) is 42.9 Å². The molecule has 7 heteroatoms. The predicted molar refractivity (Wildman–Crippen MR) is 99.6 cm³/mol. The Balaban J connectivity index is 1.75. The molecule has 1 heterocycles. The average molecular weight is 359 g/mol. The van der Waals surface area contributed by atoms with Gasteiger partial charge in [0.2, 0.25) is 10.0 Å². The molecule has 2 aliphatic rings. The van der Waals surface area contributed by atoms with Gasteiger partial charge in [0.05, 0.1) is 6.26 Å². The minimum absolute atomic E-state index is 0.353. The van der Waals surface area contributed by atoms with E-state index in [0.29, 0.717) is 24.4 Å². The quantitative estimate of drug-likeness (QED) is 0.536. The van der Waals surface area contributed by atoms with Crippen LogP contribution in [-0.4, -0.2) is 58.2 Å². The van der Waals surface area contributed by atoms with Crippen LogP contribution in [-0.2, 0) is 10.0 Å². The van der Waals surface area contributed by atoms with E-state index in [0.717, 1.165) is 31.4 Å². The van der Waals surface area contributed by atoms with Gasteiger partial charge in [-0.25, -0.2) is 12.7 Å². The zero-order valence-corrected chi connectivity index (χ0v) is 16.5. The first-order valence-corrected chi connectivity index (χ1v) is 11.0. The van der Waals surface area contributed by atoms with Crippen molar-refractivity contribution in [3.05, 3.63) is 0 Å². The molecule has 6 nitrogen and oxygen atoms in total. The Kier molecular flexibility index (Phi) is 6.53. The molecule has 0 aromatic carbocycles. The molecule has 2 rings (SSSR count). The topological polar surface area (TPSA) is 73.8 Å². The van der Waals surface area contributed by atoms with Crippen molar-refractivity contribution < 1.29 is 8.42 Å². The standard InChI is InChI=1S/C17H34N4O2S/c1-14(2)10-17(7-5-8-17)13-20-16(18-3)19-11-15-6-9-21(12-15)24(4,22)23/h14-15H,5-13H2,1-4H3,(H2,18,19,20). The van der Waals surface area contributed by atoms with Gasteiger partial charge in [0, 0.05) is 33.2 Å². The van der Waals surface area contributed by atoms with Gasteiger partial charge in [-0.1, -0.05) is 20.3 Å². The highest BCUT2D eigenvalue weighted by atomic mass is 32.2. The van der Waals surface area contributed by atoms with E-state index in [9.17, 15) is 8.42 Å². The maximum absolute atomic E-state index is 11.6. The fourth-order valence-corrected chi connectivity index (χ4v) is 4.91. The maximum atomic E-state index is 11.6. The zero-order chi connectivity index (χ0) is 17.8. The molecule has 1 saturated heterocycles. The smallest absolute Gasteiger partial charge is 0.211 e. The summed E-state index contributed by atoms with van der Waals surface area (Å²) in [5.74, 6) is 1.91. The van der Waals surface area contributed by atoms with Gasteiger partial charge >= 0.3 is 0 Å². The van der Waals surface area contributed by atoms with Crippen molar-refractivity contribution >= 4 is 16.0 Å². The summed E-state index contributed by atoms with van der Waals surface area (Å²) in [7, 11) is -1.26. The van der Waals surface area contributed by atoms with Gasteiger partial charge in [-0.15, -0.1) is 0 Å². The lowest BCUT2D eigenvalue weighted by atomic mass is 9.64. The first kappa shape index (κ1) is 19.5. The lowest BCUT2D eigenvalue weighted by Gasteiger charge is -2.43. The third-order valence-corrected chi connectivity index (χ3v) is 6.66. The highest BCUT2D eigenvalue weighted by Crippen LogP contribution is 2.45. The van der Waals surface area contributed by atoms with Crippen LogP contribution in [0.5, 0.6) is 0 Å². The lowest BCUT2D eigenvalue weighted by molar-refractivity contribution is 0.104. The molecule has 2 fully saturated rings. The van der Waals surface area contributed by atoms with Crippen molar-refractivity contribution in [2.45, 2.75) is 46.0 Å². The normalized spacial score (nSPS) is 24.9. The van der Waals surface area contributed by atoms with Crippen LogP contribution < -0.4 is 10.6 Å². The number of nitrogens with zero attached hydrogens (tertiary/aromatic N) is 2. The Bertz CT molecular complexity index is 541. The van der Waals surface area contributed by atoms with E-state index >= 15 is 0 Å². The Morgan fingerprint density at radius 2 is 2.04 bits per heavy atom. The molecular formula is C17H34N4O2S. The van der Waals surface area contributed by atoms with E-state index < -0.39 is 10.0 Å². The fourth-order valence-electron chi connectivity index (χ4n) is 3.99. The van der Waals surface area contributed by atoms with Crippen LogP contribution >= 0.6 is 0 Å². The average Bonchev–Trinajstić information content (AvgIpc) is 2.93. The van der Waals surface area contributed by atoms with Gasteiger partial charge in [-0.3, -0.25) is 4.99 Å². The zero-order valence-electron chi connectivity index (χ0n) is 15.6. The Morgan fingerprint density at radius 1 is 1.33 bits per heavy atom. The van der Waals surface area contributed by atoms with Gasteiger partial charge in [0.25, 0.3) is 0 Å². The SMILES string of the molecule is CN=C(NCC1CCN(S(C)(=O)=O)C1)NCC1(CC(C)C)CCC1. The predicted octanol–water partition coefficient (Wildman–Crippen LogP) is 1.65. The Morgan fingerprint density at radius 3 is 2.50 bits per heavy atom. The van der Waals surface area contributed by atoms with Crippen LogP contribution in [0, 0.1) is 17.3 Å². The van der Waals surface area contributed by atoms with Crippen molar-refractivity contribution in [3.63, 3.8) is 0 Å². The van der Waals surface area contributed by atoms with Crippen LogP contribution in [0.25, 0.3) is 0 Å². The van der Waals surface area contributed by atoms with Crippen molar-refractivity contribution in [3.8, 4) is 0 Å². The van der Waals surface area contributed by atoms with E-state index in [2.05, 4.69) is 29.5 Å². The highest BCUT2D eigenvalue weighted by molar-refractivity contribution is 7.88. The van der Waals surface area contributed by atoms with Crippen molar-refractivity contribution in [2.75, 3.05) is 39.5 Å². The summed E-state index contributed by atoms with van der Waals surface area (Å²) in [6.07, 6.45) is 7.42. The molecule has 0 aromatic rings. The van der Waals surface area contributed by atoms with Gasteiger partial charge in [0.1, 0.15) is 0 Å². The van der Waals surface area contributed by atoms with E-state index in [1.165, 1.54) is 31.9 Å². The minimum atomic E-state index is -3.06. The van der Waals surface area contributed by atoms with Crippen LogP contribution in [0.1, 0.15) is 46.0 Å². The number of aliphatic imine (C=N–C) groups is 1. The molecule has 1 unspecified atom stereocenters. The third kappa shape index (κ3) is 5.34. The van der Waals surface area contributed by atoms with Crippen LogP contribution in [0.2, 0.25) is 0 Å². The van der Waals surface area contributed by atoms with E-state index in [-0.39, 0.29) is 0 Å². The number of guanidine groups is 1. The molecule has 2 N–H and O–H groups in total. The second-order valence-electron chi connectivity index (χ2n) is 8.03. The maximum Gasteiger partial charge on any atom is 0.211 e. The monoisotopic (exact) mass is 358 g/mol. The van der Waals surface area contributed by atoms with Crippen LogP contribution in [0.4, 0.5) is 0 Å². The summed E-state index contributed by atoms with van der Waals surface area (Å²) in [4.78, 5) is 4.32. The molecule has 0 amide bonds. The Hall–Kier alpha value is -0.820. The number of rotatable bonds is 7. The van der Waals surface area contributed by atoms with Gasteiger partial charge in [0.15, 0.2) is 5.96 Å². The molecule has 1 saturated carbocycles. The van der Waals surface area contributed by atoms with Gasteiger partial charge < -0.3 is 10.6 Å². The number of sulfonamides is 1. The molecular weight excluding hydrogens is 324 g/mol.